The van der Waals surface area contributed by atoms with Crippen molar-refractivity contribution < 1.29 is 19.4 Å². The van der Waals surface area contributed by atoms with Gasteiger partial charge >= 0.3 is 12.1 Å². The minimum Gasteiger partial charge on any atom is -0.481 e. The second kappa shape index (κ2) is 6.24. The Kier molecular flexibility index (Phi) is 4.79. The number of carboxylic acids is 1. The van der Waals surface area contributed by atoms with Gasteiger partial charge in [0.05, 0.1) is 5.92 Å². The lowest BCUT2D eigenvalue weighted by molar-refractivity contribution is -0.147. The van der Waals surface area contributed by atoms with Crippen molar-refractivity contribution in [2.75, 3.05) is 13.1 Å². The molecule has 120 valence electrons. The smallest absolute Gasteiger partial charge is 0.410 e. The van der Waals surface area contributed by atoms with Crippen molar-refractivity contribution in [2.45, 2.75) is 58.5 Å². The molecule has 0 radical (unpaired) electrons. The minimum atomic E-state index is -0.712. The summed E-state index contributed by atoms with van der Waals surface area (Å²) in [5.41, 5.74) is -0.510. The van der Waals surface area contributed by atoms with Crippen LogP contribution in [0.2, 0.25) is 0 Å². The number of aliphatic carboxylic acids is 1. The first-order chi connectivity index (χ1) is 9.78. The predicted molar refractivity (Wildman–Crippen MR) is 79.0 cm³/mol. The highest BCUT2D eigenvalue weighted by Gasteiger charge is 2.41. The van der Waals surface area contributed by atoms with E-state index in [-0.39, 0.29) is 17.9 Å². The molecule has 0 aromatic carbocycles. The molecular formula is C16H27NO4. The van der Waals surface area contributed by atoms with E-state index in [0.717, 1.165) is 12.8 Å². The van der Waals surface area contributed by atoms with Gasteiger partial charge in [-0.05, 0) is 39.0 Å². The van der Waals surface area contributed by atoms with Gasteiger partial charge in [0.25, 0.3) is 0 Å². The zero-order valence-electron chi connectivity index (χ0n) is 13.3. The highest BCUT2D eigenvalue weighted by atomic mass is 16.6. The van der Waals surface area contributed by atoms with Gasteiger partial charge in [-0.2, -0.15) is 0 Å². The minimum absolute atomic E-state index is 0.0752. The van der Waals surface area contributed by atoms with E-state index < -0.39 is 11.6 Å². The SMILES string of the molecule is CC(C)(C)OC(=O)N1CCC(C(=O)O)C(C2CCCC2)C1. The maximum atomic E-state index is 12.2. The number of hydrogen-bond donors (Lipinski definition) is 1. The Labute approximate surface area is 126 Å². The average Bonchev–Trinajstić information content (AvgIpc) is 2.89. The van der Waals surface area contributed by atoms with Crippen LogP contribution in [0.3, 0.4) is 0 Å². The average molecular weight is 297 g/mol. The lowest BCUT2D eigenvalue weighted by Crippen LogP contribution is -2.49. The van der Waals surface area contributed by atoms with E-state index in [1.807, 2.05) is 20.8 Å². The second-order valence-electron chi connectivity index (χ2n) is 7.37. The number of likely N-dealkylation sites (tertiary alicyclic amines) is 1. The molecule has 2 aliphatic rings. The molecule has 5 heteroatoms. The molecule has 2 rings (SSSR count). The Hall–Kier alpha value is -1.26. The monoisotopic (exact) mass is 297 g/mol. The van der Waals surface area contributed by atoms with Crippen molar-refractivity contribution in [3.63, 3.8) is 0 Å². The molecule has 0 aromatic rings. The van der Waals surface area contributed by atoms with Gasteiger partial charge in [-0.15, -0.1) is 0 Å². The lowest BCUT2D eigenvalue weighted by Gasteiger charge is -2.40. The van der Waals surface area contributed by atoms with Crippen molar-refractivity contribution >= 4 is 12.1 Å². The van der Waals surface area contributed by atoms with Gasteiger partial charge < -0.3 is 14.7 Å². The summed E-state index contributed by atoms with van der Waals surface area (Å²) in [7, 11) is 0. The quantitative estimate of drug-likeness (QED) is 0.850. The predicted octanol–water partition coefficient (Wildman–Crippen LogP) is 3.13. The molecule has 21 heavy (non-hydrogen) atoms. The maximum absolute atomic E-state index is 12.2. The number of nitrogens with zero attached hydrogens (tertiary/aromatic N) is 1. The van der Waals surface area contributed by atoms with Crippen LogP contribution in [0.5, 0.6) is 0 Å². The van der Waals surface area contributed by atoms with Gasteiger partial charge in [-0.3, -0.25) is 4.79 Å². The molecule has 1 heterocycles. The zero-order valence-corrected chi connectivity index (χ0v) is 13.3. The van der Waals surface area contributed by atoms with Crippen molar-refractivity contribution in [2.24, 2.45) is 17.8 Å². The third-order valence-electron chi connectivity index (χ3n) is 4.63. The summed E-state index contributed by atoms with van der Waals surface area (Å²) >= 11 is 0. The summed E-state index contributed by atoms with van der Waals surface area (Å²) in [6.45, 7) is 6.56. The van der Waals surface area contributed by atoms with Crippen molar-refractivity contribution in [3.05, 3.63) is 0 Å². The van der Waals surface area contributed by atoms with Gasteiger partial charge in [0.15, 0.2) is 0 Å². The summed E-state index contributed by atoms with van der Waals surface area (Å²) in [5.74, 6) is -0.509. The van der Waals surface area contributed by atoms with Gasteiger partial charge in [0.2, 0.25) is 0 Å². The van der Waals surface area contributed by atoms with Gasteiger partial charge in [-0.1, -0.05) is 25.7 Å². The number of hydrogen-bond acceptors (Lipinski definition) is 3. The summed E-state index contributed by atoms with van der Waals surface area (Å²) < 4.78 is 5.42. The highest BCUT2D eigenvalue weighted by Crippen LogP contribution is 2.39. The number of carbonyl (C=O) groups is 2. The van der Waals surface area contributed by atoms with E-state index in [4.69, 9.17) is 4.74 Å². The van der Waals surface area contributed by atoms with E-state index in [2.05, 4.69) is 0 Å². The second-order valence-corrected chi connectivity index (χ2v) is 7.37. The molecular weight excluding hydrogens is 270 g/mol. The lowest BCUT2D eigenvalue weighted by atomic mass is 9.76. The number of rotatable bonds is 2. The zero-order chi connectivity index (χ0) is 15.6. The van der Waals surface area contributed by atoms with Crippen LogP contribution in [0.4, 0.5) is 4.79 Å². The van der Waals surface area contributed by atoms with Crippen molar-refractivity contribution in [3.8, 4) is 0 Å². The molecule has 1 amide bonds. The first-order valence-electron chi connectivity index (χ1n) is 7.98. The molecule has 1 saturated carbocycles. The van der Waals surface area contributed by atoms with Crippen LogP contribution >= 0.6 is 0 Å². The summed E-state index contributed by atoms with van der Waals surface area (Å²) in [4.78, 5) is 25.4. The number of carbonyl (C=O) groups excluding carboxylic acids is 1. The number of ether oxygens (including phenoxy) is 1. The molecule has 0 bridgehead atoms. The molecule has 2 fully saturated rings. The van der Waals surface area contributed by atoms with Crippen LogP contribution in [0.15, 0.2) is 0 Å². The van der Waals surface area contributed by atoms with E-state index in [1.54, 1.807) is 4.90 Å². The molecule has 1 N–H and O–H groups in total. The Morgan fingerprint density at radius 2 is 1.76 bits per heavy atom. The third kappa shape index (κ3) is 4.11. The van der Waals surface area contributed by atoms with Crippen LogP contribution < -0.4 is 0 Å². The summed E-state index contributed by atoms with van der Waals surface area (Å²) in [5, 5.41) is 9.45. The van der Waals surface area contributed by atoms with Crippen LogP contribution in [-0.4, -0.2) is 40.8 Å². The van der Waals surface area contributed by atoms with E-state index in [1.165, 1.54) is 12.8 Å². The molecule has 2 unspecified atom stereocenters. The Morgan fingerprint density at radius 3 is 2.29 bits per heavy atom. The maximum Gasteiger partial charge on any atom is 0.410 e. The normalized spacial score (nSPS) is 27.7. The molecule has 0 aromatic heterocycles. The first-order valence-corrected chi connectivity index (χ1v) is 7.98. The fourth-order valence-corrected chi connectivity index (χ4v) is 3.64. The molecule has 1 aliphatic carbocycles. The number of carboxylic acid groups (broad SMARTS) is 1. The summed E-state index contributed by atoms with van der Waals surface area (Å²) in [6.07, 6.45) is 4.78. The Bertz CT molecular complexity index is 396. The number of amides is 1. The van der Waals surface area contributed by atoms with Crippen molar-refractivity contribution in [1.82, 2.24) is 4.90 Å². The third-order valence-corrected chi connectivity index (χ3v) is 4.63. The van der Waals surface area contributed by atoms with E-state index in [0.29, 0.717) is 25.4 Å². The molecule has 0 spiro atoms. The topological polar surface area (TPSA) is 66.8 Å². The molecule has 1 saturated heterocycles. The Balaban J connectivity index is 2.04. The fourth-order valence-electron chi connectivity index (χ4n) is 3.64. The van der Waals surface area contributed by atoms with Crippen LogP contribution in [0.1, 0.15) is 52.9 Å². The molecule has 1 aliphatic heterocycles. The van der Waals surface area contributed by atoms with Gasteiger partial charge in [0.1, 0.15) is 5.60 Å². The van der Waals surface area contributed by atoms with Gasteiger partial charge in [0, 0.05) is 13.1 Å². The van der Waals surface area contributed by atoms with Crippen LogP contribution in [0, 0.1) is 17.8 Å². The molecule has 2 atom stereocenters. The van der Waals surface area contributed by atoms with Crippen molar-refractivity contribution in [1.29, 1.82) is 0 Å². The van der Waals surface area contributed by atoms with E-state index in [9.17, 15) is 14.7 Å². The standard InChI is InChI=1S/C16H27NO4/c1-16(2,3)21-15(20)17-9-8-12(14(18)19)13(10-17)11-6-4-5-7-11/h11-13H,4-10H2,1-3H3,(H,18,19). The fraction of sp³-hybridized carbons (Fsp3) is 0.875. The summed E-state index contributed by atoms with van der Waals surface area (Å²) in [6, 6.07) is 0. The molecule has 5 nitrogen and oxygen atoms in total. The van der Waals surface area contributed by atoms with Crippen LogP contribution in [0.25, 0.3) is 0 Å². The largest absolute Gasteiger partial charge is 0.481 e. The van der Waals surface area contributed by atoms with Gasteiger partial charge in [-0.25, -0.2) is 4.79 Å². The highest BCUT2D eigenvalue weighted by molar-refractivity contribution is 5.72. The first kappa shape index (κ1) is 16.1. The van der Waals surface area contributed by atoms with Crippen LogP contribution in [-0.2, 0) is 9.53 Å². The van der Waals surface area contributed by atoms with E-state index >= 15 is 0 Å². The number of piperidine rings is 1. The Morgan fingerprint density at radius 1 is 1.14 bits per heavy atom.